The average Bonchev–Trinajstić information content (AvgIpc) is 2.34. The number of methoxy groups -OCH3 is 1. The first-order chi connectivity index (χ1) is 8.54. The Hall–Kier alpha value is -1.26. The highest BCUT2D eigenvalue weighted by Crippen LogP contribution is 2.28. The molecular formula is C13H18ClNO3. The highest BCUT2D eigenvalue weighted by Gasteiger charge is 2.09. The number of halogens is 1. The van der Waals surface area contributed by atoms with E-state index >= 15 is 0 Å². The minimum Gasteiger partial charge on any atom is -0.495 e. The predicted octanol–water partition coefficient (Wildman–Crippen LogP) is 2.99. The number of unbranched alkanes of at least 4 members (excludes halogenated alkanes) is 1. The molecule has 0 aromatic heterocycles. The van der Waals surface area contributed by atoms with Gasteiger partial charge in [-0.05, 0) is 30.5 Å². The number of hydrogen-bond acceptors (Lipinski definition) is 3. The molecule has 0 heterocycles. The second kappa shape index (κ2) is 7.24. The van der Waals surface area contributed by atoms with E-state index in [0.717, 1.165) is 18.4 Å². The fourth-order valence-corrected chi connectivity index (χ4v) is 1.99. The predicted molar refractivity (Wildman–Crippen MR) is 71.0 cm³/mol. The van der Waals surface area contributed by atoms with Gasteiger partial charge < -0.3 is 15.6 Å². The molecule has 0 amide bonds. The summed E-state index contributed by atoms with van der Waals surface area (Å²) >= 11 is 6.02. The van der Waals surface area contributed by atoms with Gasteiger partial charge in [0.05, 0.1) is 12.1 Å². The third kappa shape index (κ3) is 4.55. The molecule has 5 heteroatoms. The zero-order valence-corrected chi connectivity index (χ0v) is 11.1. The van der Waals surface area contributed by atoms with E-state index < -0.39 is 5.97 Å². The summed E-state index contributed by atoms with van der Waals surface area (Å²) in [6.07, 6.45) is 2.37. The van der Waals surface area contributed by atoms with Crippen LogP contribution in [0.5, 0.6) is 5.75 Å². The highest BCUT2D eigenvalue weighted by atomic mass is 35.5. The van der Waals surface area contributed by atoms with Crippen LogP contribution in [0.2, 0.25) is 5.02 Å². The minimum absolute atomic E-state index is 0.123. The molecule has 0 aliphatic rings. The van der Waals surface area contributed by atoms with Gasteiger partial charge >= 0.3 is 5.97 Å². The topological polar surface area (TPSA) is 72.5 Å². The molecule has 0 spiro atoms. The van der Waals surface area contributed by atoms with E-state index in [-0.39, 0.29) is 12.5 Å². The van der Waals surface area contributed by atoms with E-state index in [4.69, 9.17) is 27.2 Å². The van der Waals surface area contributed by atoms with Gasteiger partial charge in [-0.15, -0.1) is 0 Å². The van der Waals surface area contributed by atoms with Gasteiger partial charge in [-0.25, -0.2) is 0 Å². The quantitative estimate of drug-likeness (QED) is 0.748. The number of carbonyl (C=O) groups is 1. The fraction of sp³-hybridized carbons (Fsp3) is 0.462. The fourth-order valence-electron chi connectivity index (χ4n) is 1.72. The van der Waals surface area contributed by atoms with Crippen LogP contribution in [0, 0.1) is 0 Å². The van der Waals surface area contributed by atoms with Crippen molar-refractivity contribution in [2.75, 3.05) is 7.11 Å². The first-order valence-electron chi connectivity index (χ1n) is 5.85. The number of nitrogens with two attached hydrogens (primary N) is 1. The van der Waals surface area contributed by atoms with Crippen molar-refractivity contribution in [1.82, 2.24) is 0 Å². The molecule has 1 aromatic carbocycles. The van der Waals surface area contributed by atoms with Crippen molar-refractivity contribution >= 4 is 17.6 Å². The smallest absolute Gasteiger partial charge is 0.303 e. The monoisotopic (exact) mass is 271 g/mol. The maximum absolute atomic E-state index is 10.4. The van der Waals surface area contributed by atoms with Crippen molar-refractivity contribution in [1.29, 1.82) is 0 Å². The van der Waals surface area contributed by atoms with Crippen LogP contribution in [0.15, 0.2) is 18.2 Å². The van der Waals surface area contributed by atoms with Crippen LogP contribution in [-0.2, 0) is 4.79 Å². The SMILES string of the molecule is COc1ccc(C(N)CCCCC(=O)O)cc1Cl. The molecule has 0 radical (unpaired) electrons. The van der Waals surface area contributed by atoms with Gasteiger partial charge in [-0.3, -0.25) is 4.79 Å². The van der Waals surface area contributed by atoms with E-state index in [1.54, 1.807) is 19.2 Å². The molecule has 0 saturated carbocycles. The van der Waals surface area contributed by atoms with Crippen LogP contribution in [-0.4, -0.2) is 18.2 Å². The van der Waals surface area contributed by atoms with Gasteiger partial charge in [0.15, 0.2) is 0 Å². The summed E-state index contributed by atoms with van der Waals surface area (Å²) in [5.74, 6) is -0.144. The van der Waals surface area contributed by atoms with Crippen LogP contribution in [0.1, 0.15) is 37.3 Å². The van der Waals surface area contributed by atoms with Crippen LogP contribution in [0.25, 0.3) is 0 Å². The lowest BCUT2D eigenvalue weighted by molar-refractivity contribution is -0.137. The normalized spacial score (nSPS) is 12.2. The number of hydrogen-bond donors (Lipinski definition) is 2. The molecular weight excluding hydrogens is 254 g/mol. The minimum atomic E-state index is -0.768. The molecule has 4 nitrogen and oxygen atoms in total. The Balaban J connectivity index is 2.48. The summed E-state index contributed by atoms with van der Waals surface area (Å²) in [5.41, 5.74) is 6.97. The third-order valence-corrected chi connectivity index (χ3v) is 3.06. The van der Waals surface area contributed by atoms with Crippen molar-refractivity contribution < 1.29 is 14.6 Å². The molecule has 1 atom stereocenters. The van der Waals surface area contributed by atoms with Crippen molar-refractivity contribution in [3.63, 3.8) is 0 Å². The van der Waals surface area contributed by atoms with Gasteiger partial charge in [-0.2, -0.15) is 0 Å². The van der Waals surface area contributed by atoms with E-state index in [1.165, 1.54) is 0 Å². The van der Waals surface area contributed by atoms with Gasteiger partial charge in [0.2, 0.25) is 0 Å². The standard InChI is InChI=1S/C13H18ClNO3/c1-18-12-7-6-9(8-10(12)14)11(15)4-2-3-5-13(16)17/h6-8,11H,2-5,15H2,1H3,(H,16,17). The Morgan fingerprint density at radius 3 is 2.78 bits per heavy atom. The number of ether oxygens (including phenoxy) is 1. The molecule has 0 saturated heterocycles. The second-order valence-corrected chi connectivity index (χ2v) is 4.55. The van der Waals surface area contributed by atoms with E-state index in [9.17, 15) is 4.79 Å². The van der Waals surface area contributed by atoms with Gasteiger partial charge in [-0.1, -0.05) is 24.1 Å². The van der Waals surface area contributed by atoms with Crippen molar-refractivity contribution in [3.05, 3.63) is 28.8 Å². The number of carboxylic acids is 1. The first-order valence-corrected chi connectivity index (χ1v) is 6.23. The molecule has 18 heavy (non-hydrogen) atoms. The molecule has 1 unspecified atom stereocenters. The Labute approximate surface area is 112 Å². The summed E-state index contributed by atoms with van der Waals surface area (Å²) in [6, 6.07) is 5.34. The molecule has 0 aliphatic carbocycles. The van der Waals surface area contributed by atoms with Crippen LogP contribution in [0.4, 0.5) is 0 Å². The van der Waals surface area contributed by atoms with Crippen molar-refractivity contribution in [3.8, 4) is 5.75 Å². The largest absolute Gasteiger partial charge is 0.495 e. The highest BCUT2D eigenvalue weighted by molar-refractivity contribution is 6.32. The number of rotatable bonds is 7. The lowest BCUT2D eigenvalue weighted by atomic mass is 10.0. The summed E-state index contributed by atoms with van der Waals surface area (Å²) in [7, 11) is 1.56. The van der Waals surface area contributed by atoms with Crippen LogP contribution in [0.3, 0.4) is 0 Å². The summed E-state index contributed by atoms with van der Waals surface area (Å²) in [5, 5.41) is 9.07. The van der Waals surface area contributed by atoms with Crippen LogP contribution < -0.4 is 10.5 Å². The Bertz CT molecular complexity index is 409. The Morgan fingerprint density at radius 1 is 1.50 bits per heavy atom. The van der Waals surface area contributed by atoms with E-state index in [1.807, 2.05) is 6.07 Å². The summed E-state index contributed by atoms with van der Waals surface area (Å²) in [6.45, 7) is 0. The van der Waals surface area contributed by atoms with Gasteiger partial charge in [0, 0.05) is 12.5 Å². The average molecular weight is 272 g/mol. The van der Waals surface area contributed by atoms with E-state index in [2.05, 4.69) is 0 Å². The molecule has 100 valence electrons. The van der Waals surface area contributed by atoms with Crippen molar-refractivity contribution in [2.45, 2.75) is 31.7 Å². The second-order valence-electron chi connectivity index (χ2n) is 4.14. The number of benzene rings is 1. The maximum atomic E-state index is 10.4. The molecule has 1 aromatic rings. The van der Waals surface area contributed by atoms with Gasteiger partial charge in [0.1, 0.15) is 5.75 Å². The van der Waals surface area contributed by atoms with Crippen LogP contribution >= 0.6 is 11.6 Å². The molecule has 0 fully saturated rings. The first kappa shape index (κ1) is 14.8. The third-order valence-electron chi connectivity index (χ3n) is 2.76. The molecule has 0 aliphatic heterocycles. The Morgan fingerprint density at radius 2 is 2.22 bits per heavy atom. The van der Waals surface area contributed by atoms with Gasteiger partial charge in [0.25, 0.3) is 0 Å². The lowest BCUT2D eigenvalue weighted by Crippen LogP contribution is -2.10. The Kier molecular flexibility index (Phi) is 5.95. The van der Waals surface area contributed by atoms with Crippen molar-refractivity contribution in [2.24, 2.45) is 5.73 Å². The zero-order chi connectivity index (χ0) is 13.5. The number of carboxylic acid groups (broad SMARTS) is 1. The summed E-state index contributed by atoms with van der Waals surface area (Å²) < 4.78 is 5.07. The molecule has 0 bridgehead atoms. The summed E-state index contributed by atoms with van der Waals surface area (Å²) in [4.78, 5) is 10.4. The molecule has 1 rings (SSSR count). The van der Waals surface area contributed by atoms with E-state index in [0.29, 0.717) is 17.2 Å². The maximum Gasteiger partial charge on any atom is 0.303 e. The zero-order valence-electron chi connectivity index (χ0n) is 10.4. The number of aliphatic carboxylic acids is 1. The molecule has 3 N–H and O–H groups in total. The lowest BCUT2D eigenvalue weighted by Gasteiger charge is -2.13.